The van der Waals surface area contributed by atoms with Crippen LogP contribution < -0.4 is 10.6 Å². The fourth-order valence-corrected chi connectivity index (χ4v) is 1.97. The Morgan fingerprint density at radius 3 is 2.63 bits per heavy atom. The first kappa shape index (κ1) is 15.3. The molecule has 0 amide bonds. The van der Waals surface area contributed by atoms with E-state index in [1.165, 1.54) is 12.3 Å². The average molecular weight is 265 g/mol. The highest BCUT2D eigenvalue weighted by Gasteiger charge is 2.16. The van der Waals surface area contributed by atoms with E-state index < -0.39 is 5.97 Å². The van der Waals surface area contributed by atoms with Gasteiger partial charge in [0.2, 0.25) is 0 Å². The zero-order valence-electron chi connectivity index (χ0n) is 11.9. The topological polar surface area (TPSA) is 79.5 Å². The van der Waals surface area contributed by atoms with E-state index in [2.05, 4.69) is 30.7 Å². The Balaban J connectivity index is 2.93. The zero-order chi connectivity index (χ0) is 14.4. The smallest absolute Gasteiger partial charge is 0.337 e. The number of hydrogen-bond donors (Lipinski definition) is 2. The quantitative estimate of drug-likeness (QED) is 0.741. The number of unbranched alkanes of at least 4 members (excludes halogenated alkanes) is 2. The maximum absolute atomic E-state index is 10.9. The Morgan fingerprint density at radius 1 is 1.47 bits per heavy atom. The number of hydrogen-bond acceptors (Lipinski definition) is 4. The second-order valence-electron chi connectivity index (χ2n) is 4.94. The number of nitrogens with two attached hydrogens (primary N) is 1. The molecule has 5 heteroatoms. The molecule has 0 aliphatic rings. The minimum Gasteiger partial charge on any atom is -0.478 e. The van der Waals surface area contributed by atoms with E-state index in [0.29, 0.717) is 11.5 Å². The highest BCUT2D eigenvalue weighted by atomic mass is 16.4. The summed E-state index contributed by atoms with van der Waals surface area (Å²) in [5, 5.41) is 8.91. The van der Waals surface area contributed by atoms with Crippen LogP contribution in [0.3, 0.4) is 0 Å². The molecule has 0 fully saturated rings. The van der Waals surface area contributed by atoms with Crippen molar-refractivity contribution in [2.24, 2.45) is 0 Å². The van der Waals surface area contributed by atoms with E-state index >= 15 is 0 Å². The average Bonchev–Trinajstić information content (AvgIpc) is 2.35. The fourth-order valence-electron chi connectivity index (χ4n) is 1.97. The molecule has 0 aromatic carbocycles. The number of carboxylic acid groups (broad SMARTS) is 1. The lowest BCUT2D eigenvalue weighted by Crippen LogP contribution is -2.33. The molecule has 3 N–H and O–H groups in total. The van der Waals surface area contributed by atoms with Crippen LogP contribution in [0.1, 0.15) is 50.4 Å². The number of pyridine rings is 1. The van der Waals surface area contributed by atoms with Gasteiger partial charge in [0.1, 0.15) is 0 Å². The van der Waals surface area contributed by atoms with Crippen molar-refractivity contribution in [3.8, 4) is 0 Å². The molecule has 5 nitrogen and oxygen atoms in total. The summed E-state index contributed by atoms with van der Waals surface area (Å²) in [6.07, 6.45) is 4.77. The van der Waals surface area contributed by atoms with Gasteiger partial charge in [0.05, 0.1) is 11.3 Å². The van der Waals surface area contributed by atoms with E-state index in [1.54, 1.807) is 0 Å². The van der Waals surface area contributed by atoms with Gasteiger partial charge >= 0.3 is 5.97 Å². The summed E-state index contributed by atoms with van der Waals surface area (Å²) >= 11 is 0. The lowest BCUT2D eigenvalue weighted by atomic mass is 10.2. The van der Waals surface area contributed by atoms with Crippen LogP contribution in [0, 0.1) is 0 Å². The predicted octanol–water partition coefficient (Wildman–Crippen LogP) is 2.77. The van der Waals surface area contributed by atoms with Crippen LogP contribution in [0.25, 0.3) is 0 Å². The van der Waals surface area contributed by atoms with E-state index in [-0.39, 0.29) is 11.6 Å². The monoisotopic (exact) mass is 265 g/mol. The number of nitrogen functional groups attached to an aromatic ring is 1. The summed E-state index contributed by atoms with van der Waals surface area (Å²) in [6, 6.07) is 1.75. The zero-order valence-corrected chi connectivity index (χ0v) is 11.9. The van der Waals surface area contributed by atoms with Gasteiger partial charge in [0, 0.05) is 18.8 Å². The van der Waals surface area contributed by atoms with Crippen molar-refractivity contribution >= 4 is 17.5 Å². The summed E-state index contributed by atoms with van der Waals surface area (Å²) < 4.78 is 0. The molecular weight excluding hydrogens is 242 g/mol. The number of anilines is 2. The van der Waals surface area contributed by atoms with Crippen LogP contribution in [0.5, 0.6) is 0 Å². The number of rotatable bonds is 7. The van der Waals surface area contributed by atoms with Gasteiger partial charge in [0.15, 0.2) is 5.82 Å². The fraction of sp³-hybridized carbons (Fsp3) is 0.571. The minimum absolute atomic E-state index is 0.124. The Hall–Kier alpha value is -1.78. The molecule has 0 bridgehead atoms. The molecule has 0 saturated heterocycles. The molecule has 19 heavy (non-hydrogen) atoms. The lowest BCUT2D eigenvalue weighted by molar-refractivity contribution is 0.0696. The van der Waals surface area contributed by atoms with Gasteiger partial charge in [-0.2, -0.15) is 0 Å². The largest absolute Gasteiger partial charge is 0.478 e. The van der Waals surface area contributed by atoms with Gasteiger partial charge in [0.25, 0.3) is 0 Å². The van der Waals surface area contributed by atoms with Gasteiger partial charge < -0.3 is 15.7 Å². The molecule has 0 saturated carbocycles. The Labute approximate surface area is 114 Å². The van der Waals surface area contributed by atoms with Crippen molar-refractivity contribution in [1.29, 1.82) is 0 Å². The van der Waals surface area contributed by atoms with Gasteiger partial charge in [-0.25, -0.2) is 9.78 Å². The number of nitrogens with zero attached hydrogens (tertiary/aromatic N) is 2. The lowest BCUT2D eigenvalue weighted by Gasteiger charge is -2.29. The van der Waals surface area contributed by atoms with Crippen LogP contribution in [-0.4, -0.2) is 28.6 Å². The van der Waals surface area contributed by atoms with Crippen molar-refractivity contribution in [1.82, 2.24) is 4.98 Å². The molecule has 1 rings (SSSR count). The van der Waals surface area contributed by atoms with Gasteiger partial charge in [-0.1, -0.05) is 19.8 Å². The third kappa shape index (κ3) is 4.12. The van der Waals surface area contributed by atoms with E-state index in [0.717, 1.165) is 25.8 Å². The first-order chi connectivity index (χ1) is 8.97. The number of aromatic carboxylic acids is 1. The second-order valence-corrected chi connectivity index (χ2v) is 4.94. The molecule has 0 unspecified atom stereocenters. The van der Waals surface area contributed by atoms with Gasteiger partial charge in [-0.3, -0.25) is 0 Å². The summed E-state index contributed by atoms with van der Waals surface area (Å²) in [5.74, 6) is -0.330. The first-order valence-corrected chi connectivity index (χ1v) is 6.72. The molecule has 106 valence electrons. The molecule has 1 aromatic rings. The normalized spacial score (nSPS) is 10.7. The molecule has 0 atom stereocenters. The predicted molar refractivity (Wildman–Crippen MR) is 77.6 cm³/mol. The van der Waals surface area contributed by atoms with E-state index in [9.17, 15) is 4.79 Å². The van der Waals surface area contributed by atoms with Crippen LogP contribution >= 0.6 is 0 Å². The Morgan fingerprint density at radius 2 is 2.16 bits per heavy atom. The number of aromatic nitrogens is 1. The molecule has 0 radical (unpaired) electrons. The summed E-state index contributed by atoms with van der Waals surface area (Å²) in [6.45, 7) is 7.21. The van der Waals surface area contributed by atoms with Crippen LogP contribution in [0.4, 0.5) is 11.5 Å². The third-order valence-corrected chi connectivity index (χ3v) is 3.04. The molecule has 1 aromatic heterocycles. The molecule has 0 spiro atoms. The van der Waals surface area contributed by atoms with Crippen molar-refractivity contribution in [2.45, 2.75) is 46.1 Å². The van der Waals surface area contributed by atoms with Crippen LogP contribution in [0.15, 0.2) is 12.3 Å². The first-order valence-electron chi connectivity index (χ1n) is 6.72. The maximum atomic E-state index is 10.9. The maximum Gasteiger partial charge on any atom is 0.337 e. The highest BCUT2D eigenvalue weighted by molar-refractivity contribution is 5.89. The van der Waals surface area contributed by atoms with Crippen molar-refractivity contribution in [3.63, 3.8) is 0 Å². The molecule has 0 aliphatic heterocycles. The van der Waals surface area contributed by atoms with E-state index in [1.807, 2.05) is 0 Å². The van der Waals surface area contributed by atoms with Crippen molar-refractivity contribution < 1.29 is 9.90 Å². The van der Waals surface area contributed by atoms with E-state index in [4.69, 9.17) is 10.8 Å². The molecular formula is C14H23N3O2. The van der Waals surface area contributed by atoms with Crippen LogP contribution in [-0.2, 0) is 0 Å². The Kier molecular flexibility index (Phi) is 5.60. The van der Waals surface area contributed by atoms with Gasteiger partial charge in [-0.15, -0.1) is 0 Å². The Bertz CT molecular complexity index is 433. The standard InChI is InChI=1S/C14H23N3O2/c1-4-5-6-7-17(10(2)3)13-12(15)8-11(9-16-13)14(18)19/h8-10H,4-7,15H2,1-3H3,(H,18,19). The number of carboxylic acids is 1. The summed E-state index contributed by atoms with van der Waals surface area (Å²) in [5.41, 5.74) is 6.48. The molecule has 1 heterocycles. The van der Waals surface area contributed by atoms with Crippen LogP contribution in [0.2, 0.25) is 0 Å². The second kappa shape index (κ2) is 6.97. The van der Waals surface area contributed by atoms with Crippen molar-refractivity contribution in [3.05, 3.63) is 17.8 Å². The third-order valence-electron chi connectivity index (χ3n) is 3.04. The van der Waals surface area contributed by atoms with Crippen molar-refractivity contribution in [2.75, 3.05) is 17.2 Å². The van der Waals surface area contributed by atoms with Gasteiger partial charge in [-0.05, 0) is 26.3 Å². The SMILES string of the molecule is CCCCCN(c1ncc(C(=O)O)cc1N)C(C)C. The minimum atomic E-state index is -1.01. The highest BCUT2D eigenvalue weighted by Crippen LogP contribution is 2.23. The summed E-state index contributed by atoms with van der Waals surface area (Å²) in [7, 11) is 0. The molecule has 0 aliphatic carbocycles. The summed E-state index contributed by atoms with van der Waals surface area (Å²) in [4.78, 5) is 17.2. The number of carbonyl (C=O) groups is 1.